The molecule has 2 atom stereocenters. The second-order valence-electron chi connectivity index (χ2n) is 4.78. The minimum atomic E-state index is 0.252. The zero-order chi connectivity index (χ0) is 13.0. The number of aliphatic hydroxyl groups is 1. The van der Waals surface area contributed by atoms with E-state index in [-0.39, 0.29) is 6.61 Å². The van der Waals surface area contributed by atoms with Crippen molar-refractivity contribution in [3.8, 4) is 0 Å². The lowest BCUT2D eigenvalue weighted by Gasteiger charge is -2.20. The maximum Gasteiger partial charge on any atom is 0.132 e. The summed E-state index contributed by atoms with van der Waals surface area (Å²) in [6.07, 6.45) is 4.19. The lowest BCUT2D eigenvalue weighted by atomic mass is 10.1. The minimum Gasteiger partial charge on any atom is -0.396 e. The van der Waals surface area contributed by atoms with E-state index in [9.17, 15) is 5.11 Å². The molecule has 1 aliphatic carbocycles. The second kappa shape index (κ2) is 6.00. The summed E-state index contributed by atoms with van der Waals surface area (Å²) in [4.78, 5) is 8.86. The fourth-order valence-corrected chi connectivity index (χ4v) is 2.49. The Morgan fingerprint density at radius 2 is 2.11 bits per heavy atom. The van der Waals surface area contributed by atoms with E-state index in [4.69, 9.17) is 0 Å². The molecule has 1 heterocycles. The van der Waals surface area contributed by atoms with E-state index in [1.807, 2.05) is 20.0 Å². The molecule has 2 rings (SSSR count). The minimum absolute atomic E-state index is 0.252. The molecule has 0 spiro atoms. The van der Waals surface area contributed by atoms with Crippen LogP contribution in [0, 0.1) is 5.92 Å². The summed E-state index contributed by atoms with van der Waals surface area (Å²) in [5.74, 6) is 2.88. The average molecular weight is 250 g/mol. The van der Waals surface area contributed by atoms with E-state index in [0.29, 0.717) is 12.0 Å². The number of aliphatic hydroxyl groups excluding tert-OH is 1. The summed E-state index contributed by atoms with van der Waals surface area (Å²) in [5, 5.41) is 15.8. The van der Waals surface area contributed by atoms with Gasteiger partial charge in [-0.15, -0.1) is 0 Å². The number of nitrogens with zero attached hydrogens (tertiary/aromatic N) is 2. The molecule has 0 bridgehead atoms. The third kappa shape index (κ3) is 2.90. The Balaban J connectivity index is 2.12. The molecule has 3 N–H and O–H groups in total. The van der Waals surface area contributed by atoms with Crippen LogP contribution >= 0.6 is 0 Å². The zero-order valence-electron chi connectivity index (χ0n) is 11.1. The van der Waals surface area contributed by atoms with Crippen molar-refractivity contribution in [1.82, 2.24) is 9.97 Å². The van der Waals surface area contributed by atoms with E-state index in [1.54, 1.807) is 0 Å². The van der Waals surface area contributed by atoms with Crippen molar-refractivity contribution in [1.29, 1.82) is 0 Å². The summed E-state index contributed by atoms with van der Waals surface area (Å²) < 4.78 is 0. The van der Waals surface area contributed by atoms with Crippen LogP contribution in [-0.2, 0) is 6.42 Å². The molecule has 0 aromatic carbocycles. The molecule has 5 heteroatoms. The predicted octanol–water partition coefficient (Wildman–Crippen LogP) is 1.65. The molecule has 1 aliphatic rings. The van der Waals surface area contributed by atoms with Gasteiger partial charge in [-0.3, -0.25) is 0 Å². The largest absolute Gasteiger partial charge is 0.396 e. The molecular weight excluding hydrogens is 228 g/mol. The number of anilines is 2. The average Bonchev–Trinajstić information content (AvgIpc) is 2.85. The van der Waals surface area contributed by atoms with Crippen LogP contribution in [0.1, 0.15) is 32.0 Å². The van der Waals surface area contributed by atoms with Crippen LogP contribution in [0.15, 0.2) is 6.07 Å². The summed E-state index contributed by atoms with van der Waals surface area (Å²) >= 11 is 0. The first-order valence-corrected chi connectivity index (χ1v) is 6.70. The van der Waals surface area contributed by atoms with Crippen LogP contribution in [0.25, 0.3) is 0 Å². The molecule has 0 saturated heterocycles. The first-order chi connectivity index (χ1) is 8.76. The Morgan fingerprint density at radius 3 is 2.78 bits per heavy atom. The van der Waals surface area contributed by atoms with Crippen molar-refractivity contribution >= 4 is 11.6 Å². The molecule has 2 unspecified atom stereocenters. The van der Waals surface area contributed by atoms with Crippen LogP contribution in [0.5, 0.6) is 0 Å². The van der Waals surface area contributed by atoms with Crippen LogP contribution in [-0.4, -0.2) is 34.8 Å². The highest BCUT2D eigenvalue weighted by molar-refractivity contribution is 5.48. The standard InChI is InChI=1S/C13H22N4O/c1-3-11-16-12(14-2)7-13(17-11)15-10-6-4-5-9(10)8-18/h7,9-10,18H,3-6,8H2,1-2H3,(H2,14,15,16,17). The Morgan fingerprint density at radius 1 is 1.33 bits per heavy atom. The van der Waals surface area contributed by atoms with E-state index < -0.39 is 0 Å². The van der Waals surface area contributed by atoms with E-state index in [2.05, 4.69) is 20.6 Å². The smallest absolute Gasteiger partial charge is 0.132 e. The summed E-state index contributed by atoms with van der Waals surface area (Å²) in [6, 6.07) is 2.26. The van der Waals surface area contributed by atoms with Gasteiger partial charge in [0, 0.05) is 38.1 Å². The lowest BCUT2D eigenvalue weighted by Crippen LogP contribution is -2.27. The number of rotatable bonds is 5. The topological polar surface area (TPSA) is 70.1 Å². The Hall–Kier alpha value is -1.36. The van der Waals surface area contributed by atoms with Gasteiger partial charge in [-0.1, -0.05) is 13.3 Å². The fraction of sp³-hybridized carbons (Fsp3) is 0.692. The molecular formula is C13H22N4O. The van der Waals surface area contributed by atoms with Gasteiger partial charge >= 0.3 is 0 Å². The number of aromatic nitrogens is 2. The van der Waals surface area contributed by atoms with Gasteiger partial charge in [0.05, 0.1) is 0 Å². The van der Waals surface area contributed by atoms with Gasteiger partial charge in [-0.25, -0.2) is 9.97 Å². The third-order valence-corrected chi connectivity index (χ3v) is 3.57. The van der Waals surface area contributed by atoms with Crippen molar-refractivity contribution in [2.75, 3.05) is 24.3 Å². The van der Waals surface area contributed by atoms with Crippen LogP contribution in [0.2, 0.25) is 0 Å². The molecule has 1 fully saturated rings. The van der Waals surface area contributed by atoms with Crippen molar-refractivity contribution in [2.24, 2.45) is 5.92 Å². The molecule has 1 aromatic heterocycles. The van der Waals surface area contributed by atoms with Gasteiger partial charge in [0.2, 0.25) is 0 Å². The zero-order valence-corrected chi connectivity index (χ0v) is 11.1. The molecule has 0 amide bonds. The van der Waals surface area contributed by atoms with E-state index in [1.165, 1.54) is 6.42 Å². The van der Waals surface area contributed by atoms with Crippen LogP contribution < -0.4 is 10.6 Å². The number of aryl methyl sites for hydroxylation is 1. The number of hydrogen-bond acceptors (Lipinski definition) is 5. The Labute approximate surface area is 108 Å². The first kappa shape index (κ1) is 13.1. The molecule has 5 nitrogen and oxygen atoms in total. The molecule has 0 aliphatic heterocycles. The van der Waals surface area contributed by atoms with Gasteiger partial charge in [0.25, 0.3) is 0 Å². The second-order valence-corrected chi connectivity index (χ2v) is 4.78. The quantitative estimate of drug-likeness (QED) is 0.741. The SMILES string of the molecule is CCc1nc(NC)cc(NC2CCCC2CO)n1. The van der Waals surface area contributed by atoms with E-state index >= 15 is 0 Å². The number of nitrogens with one attached hydrogen (secondary N) is 2. The van der Waals surface area contributed by atoms with Crippen molar-refractivity contribution in [2.45, 2.75) is 38.6 Å². The first-order valence-electron chi connectivity index (χ1n) is 6.70. The predicted molar refractivity (Wildman–Crippen MR) is 72.8 cm³/mol. The van der Waals surface area contributed by atoms with Gasteiger partial charge in [0.15, 0.2) is 0 Å². The highest BCUT2D eigenvalue weighted by atomic mass is 16.3. The van der Waals surface area contributed by atoms with Crippen LogP contribution in [0.4, 0.5) is 11.6 Å². The van der Waals surface area contributed by atoms with Crippen molar-refractivity contribution in [3.63, 3.8) is 0 Å². The molecule has 0 radical (unpaired) electrons. The van der Waals surface area contributed by atoms with Crippen molar-refractivity contribution in [3.05, 3.63) is 11.9 Å². The highest BCUT2D eigenvalue weighted by Gasteiger charge is 2.26. The van der Waals surface area contributed by atoms with Gasteiger partial charge in [-0.2, -0.15) is 0 Å². The Kier molecular flexibility index (Phi) is 4.36. The lowest BCUT2D eigenvalue weighted by molar-refractivity contribution is 0.222. The van der Waals surface area contributed by atoms with Gasteiger partial charge < -0.3 is 15.7 Å². The maximum atomic E-state index is 9.33. The number of hydrogen-bond donors (Lipinski definition) is 3. The molecule has 1 saturated carbocycles. The Bertz CT molecular complexity index is 374. The maximum absolute atomic E-state index is 9.33. The highest BCUT2D eigenvalue weighted by Crippen LogP contribution is 2.28. The fourth-order valence-electron chi connectivity index (χ4n) is 2.49. The summed E-state index contributed by atoms with van der Waals surface area (Å²) in [7, 11) is 1.86. The molecule has 100 valence electrons. The van der Waals surface area contributed by atoms with Gasteiger partial charge in [0.1, 0.15) is 17.5 Å². The third-order valence-electron chi connectivity index (χ3n) is 3.57. The summed E-state index contributed by atoms with van der Waals surface area (Å²) in [6.45, 7) is 2.30. The summed E-state index contributed by atoms with van der Waals surface area (Å²) in [5.41, 5.74) is 0. The monoisotopic (exact) mass is 250 g/mol. The normalized spacial score (nSPS) is 23.1. The molecule has 1 aromatic rings. The van der Waals surface area contributed by atoms with E-state index in [0.717, 1.165) is 36.7 Å². The van der Waals surface area contributed by atoms with Gasteiger partial charge in [-0.05, 0) is 12.8 Å². The van der Waals surface area contributed by atoms with Crippen LogP contribution in [0.3, 0.4) is 0 Å². The van der Waals surface area contributed by atoms with Crippen molar-refractivity contribution < 1.29 is 5.11 Å². The molecule has 18 heavy (non-hydrogen) atoms.